The summed E-state index contributed by atoms with van der Waals surface area (Å²) in [5.74, 6) is 0.558. The van der Waals surface area contributed by atoms with Gasteiger partial charge >= 0.3 is 0 Å². The molecule has 0 aliphatic carbocycles. The predicted octanol–water partition coefficient (Wildman–Crippen LogP) is 4.78. The van der Waals surface area contributed by atoms with Crippen molar-refractivity contribution in [3.05, 3.63) is 70.9 Å². The fourth-order valence-electron chi connectivity index (χ4n) is 5.27. The molecular weight excluding hydrogens is 398 g/mol. The Labute approximate surface area is 189 Å². The van der Waals surface area contributed by atoms with E-state index in [1.807, 2.05) is 17.0 Å². The molecule has 1 saturated heterocycles. The molecule has 5 heteroatoms. The minimum atomic E-state index is -0.449. The van der Waals surface area contributed by atoms with Crippen molar-refractivity contribution >= 4 is 22.7 Å². The highest BCUT2D eigenvalue weighted by atomic mass is 16.2. The summed E-state index contributed by atoms with van der Waals surface area (Å²) in [6, 6.07) is 16.1. The van der Waals surface area contributed by atoms with E-state index in [2.05, 4.69) is 62.2 Å². The molecule has 2 aromatic carbocycles. The van der Waals surface area contributed by atoms with Gasteiger partial charge in [0.25, 0.3) is 0 Å². The van der Waals surface area contributed by atoms with Gasteiger partial charge < -0.3 is 14.8 Å². The van der Waals surface area contributed by atoms with Crippen LogP contribution in [0.2, 0.25) is 0 Å². The number of carbonyl (C=O) groups is 2. The number of hydrogen-bond acceptors (Lipinski definition) is 2. The lowest BCUT2D eigenvalue weighted by Crippen LogP contribution is -2.63. The molecule has 2 aliphatic heterocycles. The molecule has 1 fully saturated rings. The SMILES string of the molecule is CCCCN1CC(=O)N2C(c3ccc(C(C)C)cc3)c3[nH]c4ccccc4c3C[C@H]2C1=O. The van der Waals surface area contributed by atoms with Gasteiger partial charge in [-0.25, -0.2) is 0 Å². The second-order valence-corrected chi connectivity index (χ2v) is 9.42. The van der Waals surface area contributed by atoms with Gasteiger partial charge in [0.15, 0.2) is 0 Å². The third-order valence-corrected chi connectivity index (χ3v) is 7.04. The van der Waals surface area contributed by atoms with Crippen LogP contribution in [-0.2, 0) is 16.0 Å². The fraction of sp³-hybridized carbons (Fsp3) is 0.407. The highest BCUT2D eigenvalue weighted by Crippen LogP contribution is 2.42. The van der Waals surface area contributed by atoms with E-state index in [4.69, 9.17) is 0 Å². The monoisotopic (exact) mass is 429 g/mol. The van der Waals surface area contributed by atoms with Crippen LogP contribution in [0.5, 0.6) is 0 Å². The molecule has 0 bridgehead atoms. The number of piperazine rings is 1. The quantitative estimate of drug-likeness (QED) is 0.635. The van der Waals surface area contributed by atoms with Crippen molar-refractivity contribution in [1.82, 2.24) is 14.8 Å². The zero-order valence-electron chi connectivity index (χ0n) is 19.1. The maximum absolute atomic E-state index is 13.5. The van der Waals surface area contributed by atoms with Gasteiger partial charge in [-0.3, -0.25) is 9.59 Å². The molecule has 2 atom stereocenters. The summed E-state index contributed by atoms with van der Waals surface area (Å²) in [6.45, 7) is 7.29. The Morgan fingerprint density at radius 2 is 1.81 bits per heavy atom. The van der Waals surface area contributed by atoms with Gasteiger partial charge in [0, 0.05) is 29.6 Å². The minimum absolute atomic E-state index is 0.0351. The van der Waals surface area contributed by atoms with Gasteiger partial charge in [0.1, 0.15) is 6.04 Å². The number of unbranched alkanes of at least 4 members (excludes halogenated alkanes) is 1. The van der Waals surface area contributed by atoms with Crippen molar-refractivity contribution in [3.8, 4) is 0 Å². The van der Waals surface area contributed by atoms with Crippen LogP contribution in [0.25, 0.3) is 10.9 Å². The zero-order valence-corrected chi connectivity index (χ0v) is 19.1. The van der Waals surface area contributed by atoms with Crippen LogP contribution >= 0.6 is 0 Å². The number of aromatic nitrogens is 1. The Morgan fingerprint density at radius 3 is 2.53 bits per heavy atom. The number of amides is 2. The van der Waals surface area contributed by atoms with Crippen molar-refractivity contribution in [1.29, 1.82) is 0 Å². The summed E-state index contributed by atoms with van der Waals surface area (Å²) in [5.41, 5.74) is 5.59. The van der Waals surface area contributed by atoms with Crippen LogP contribution in [0, 0.1) is 0 Å². The van der Waals surface area contributed by atoms with E-state index < -0.39 is 6.04 Å². The number of hydrogen-bond donors (Lipinski definition) is 1. The predicted molar refractivity (Wildman–Crippen MR) is 126 cm³/mol. The second kappa shape index (κ2) is 8.12. The first-order chi connectivity index (χ1) is 15.5. The topological polar surface area (TPSA) is 56.4 Å². The summed E-state index contributed by atoms with van der Waals surface area (Å²) in [4.78, 5) is 34.2. The number of aromatic amines is 1. The lowest BCUT2D eigenvalue weighted by molar-refractivity contribution is -0.158. The van der Waals surface area contributed by atoms with E-state index >= 15 is 0 Å². The molecular formula is C27H31N3O2. The number of carbonyl (C=O) groups excluding carboxylic acids is 2. The van der Waals surface area contributed by atoms with Crippen molar-refractivity contribution in [2.24, 2.45) is 0 Å². The van der Waals surface area contributed by atoms with Gasteiger partial charge in [-0.15, -0.1) is 0 Å². The second-order valence-electron chi connectivity index (χ2n) is 9.42. The molecule has 3 heterocycles. The van der Waals surface area contributed by atoms with Gasteiger partial charge in [-0.1, -0.05) is 69.7 Å². The van der Waals surface area contributed by atoms with Crippen molar-refractivity contribution in [2.75, 3.05) is 13.1 Å². The summed E-state index contributed by atoms with van der Waals surface area (Å²) in [5, 5.41) is 1.15. The molecule has 2 amide bonds. The average Bonchev–Trinajstić information content (AvgIpc) is 3.17. The van der Waals surface area contributed by atoms with Crippen molar-refractivity contribution in [2.45, 2.75) is 58.0 Å². The summed E-state index contributed by atoms with van der Waals surface area (Å²) in [7, 11) is 0. The molecule has 1 aromatic heterocycles. The van der Waals surface area contributed by atoms with Crippen LogP contribution in [0.15, 0.2) is 48.5 Å². The lowest BCUT2D eigenvalue weighted by Gasteiger charge is -2.47. The van der Waals surface area contributed by atoms with E-state index in [9.17, 15) is 9.59 Å². The molecule has 1 unspecified atom stereocenters. The number of nitrogens with zero attached hydrogens (tertiary/aromatic N) is 2. The van der Waals surface area contributed by atoms with E-state index in [0.29, 0.717) is 18.9 Å². The van der Waals surface area contributed by atoms with Gasteiger partial charge in [0.05, 0.1) is 12.6 Å². The van der Waals surface area contributed by atoms with Crippen LogP contribution in [-0.4, -0.2) is 45.7 Å². The number of nitrogens with one attached hydrogen (secondary N) is 1. The number of rotatable bonds is 5. The van der Waals surface area contributed by atoms with E-state index in [0.717, 1.165) is 35.0 Å². The van der Waals surface area contributed by atoms with Crippen molar-refractivity contribution in [3.63, 3.8) is 0 Å². The number of benzene rings is 2. The largest absolute Gasteiger partial charge is 0.356 e. The van der Waals surface area contributed by atoms with Gasteiger partial charge in [-0.2, -0.15) is 0 Å². The molecule has 166 valence electrons. The molecule has 5 rings (SSSR count). The fourth-order valence-corrected chi connectivity index (χ4v) is 5.27. The van der Waals surface area contributed by atoms with Crippen LogP contribution in [0.4, 0.5) is 0 Å². The normalized spacial score (nSPS) is 20.8. The van der Waals surface area contributed by atoms with Crippen molar-refractivity contribution < 1.29 is 9.59 Å². The van der Waals surface area contributed by atoms with Gasteiger partial charge in [-0.05, 0) is 35.1 Å². The molecule has 1 N–H and O–H groups in total. The molecule has 0 saturated carbocycles. The average molecular weight is 430 g/mol. The van der Waals surface area contributed by atoms with Crippen LogP contribution < -0.4 is 0 Å². The molecule has 32 heavy (non-hydrogen) atoms. The smallest absolute Gasteiger partial charge is 0.246 e. The van der Waals surface area contributed by atoms with E-state index in [1.165, 1.54) is 11.1 Å². The number of fused-ring (bicyclic) bond motifs is 4. The molecule has 3 aromatic rings. The van der Waals surface area contributed by atoms with Crippen LogP contribution in [0.3, 0.4) is 0 Å². The summed E-state index contributed by atoms with van der Waals surface area (Å²) in [6.07, 6.45) is 2.49. The first-order valence-corrected chi connectivity index (χ1v) is 11.8. The first kappa shape index (κ1) is 20.8. The Bertz CT molecular complexity index is 1160. The maximum Gasteiger partial charge on any atom is 0.246 e. The minimum Gasteiger partial charge on any atom is -0.356 e. The summed E-state index contributed by atoms with van der Waals surface area (Å²) >= 11 is 0. The van der Waals surface area contributed by atoms with E-state index in [1.54, 1.807) is 4.90 Å². The number of H-pyrrole nitrogens is 1. The Kier molecular flexibility index (Phi) is 5.28. The zero-order chi connectivity index (χ0) is 22.4. The standard InChI is InChI=1S/C27H31N3O2/c1-4-5-14-29-16-24(31)30-23(27(29)32)15-21-20-8-6-7-9-22(20)28-25(21)26(30)19-12-10-18(11-13-19)17(2)3/h6-13,17,23,26,28H,4-5,14-16H2,1-3H3/t23-,26?/m0/s1. The Hall–Kier alpha value is -3.08. The van der Waals surface area contributed by atoms with E-state index in [-0.39, 0.29) is 24.4 Å². The Balaban J connectivity index is 1.64. The summed E-state index contributed by atoms with van der Waals surface area (Å²) < 4.78 is 0. The first-order valence-electron chi connectivity index (χ1n) is 11.8. The third kappa shape index (κ3) is 3.31. The molecule has 2 aliphatic rings. The number of para-hydroxylation sites is 1. The molecule has 5 nitrogen and oxygen atoms in total. The van der Waals surface area contributed by atoms with Crippen LogP contribution in [0.1, 0.15) is 68.0 Å². The molecule has 0 radical (unpaired) electrons. The maximum atomic E-state index is 13.5. The highest BCUT2D eigenvalue weighted by Gasteiger charge is 2.47. The Morgan fingerprint density at radius 1 is 1.06 bits per heavy atom. The van der Waals surface area contributed by atoms with Gasteiger partial charge in [0.2, 0.25) is 11.8 Å². The lowest BCUT2D eigenvalue weighted by atomic mass is 9.85. The third-order valence-electron chi connectivity index (χ3n) is 7.04. The molecule has 0 spiro atoms. The highest BCUT2D eigenvalue weighted by molar-refractivity contribution is 5.97.